The van der Waals surface area contributed by atoms with Gasteiger partial charge in [0.1, 0.15) is 22.3 Å². The van der Waals surface area contributed by atoms with Gasteiger partial charge < -0.3 is 8.83 Å². The second-order valence-corrected chi connectivity index (χ2v) is 14.0. The Bertz CT molecular complexity index is 3220. The van der Waals surface area contributed by atoms with E-state index in [4.69, 9.17) is 18.8 Å². The van der Waals surface area contributed by atoms with Crippen molar-refractivity contribution in [3.05, 3.63) is 188 Å². The molecule has 0 unspecified atom stereocenters. The van der Waals surface area contributed by atoms with Crippen LogP contribution in [0.1, 0.15) is 0 Å². The Hall–Kier alpha value is -7.63. The molecule has 0 N–H and O–H groups in total. The van der Waals surface area contributed by atoms with E-state index in [1.165, 1.54) is 0 Å². The van der Waals surface area contributed by atoms with Gasteiger partial charge in [0, 0.05) is 55.6 Å². The van der Waals surface area contributed by atoms with Crippen molar-refractivity contribution in [1.82, 2.24) is 15.0 Å². The van der Waals surface area contributed by atoms with Crippen LogP contribution < -0.4 is 0 Å². The van der Waals surface area contributed by atoms with Crippen LogP contribution in [0.5, 0.6) is 0 Å². The normalized spacial score (nSPS) is 11.6. The minimum atomic E-state index is 0.678. The maximum absolute atomic E-state index is 6.68. The second kappa shape index (κ2) is 13.0. The zero-order chi connectivity index (χ0) is 37.0. The molecule has 56 heavy (non-hydrogen) atoms. The molecule has 11 rings (SSSR count). The smallest absolute Gasteiger partial charge is 0.160 e. The highest BCUT2D eigenvalue weighted by atomic mass is 16.3. The van der Waals surface area contributed by atoms with Crippen LogP contribution in [-0.4, -0.2) is 15.0 Å². The number of hydrogen-bond acceptors (Lipinski definition) is 5. The molecule has 0 saturated carbocycles. The first-order chi connectivity index (χ1) is 27.7. The summed E-state index contributed by atoms with van der Waals surface area (Å²) in [7, 11) is 0. The second-order valence-electron chi connectivity index (χ2n) is 14.0. The number of pyridine rings is 1. The van der Waals surface area contributed by atoms with Crippen molar-refractivity contribution < 1.29 is 8.83 Å². The average molecular weight is 718 g/mol. The van der Waals surface area contributed by atoms with Crippen LogP contribution in [0.15, 0.2) is 197 Å². The lowest BCUT2D eigenvalue weighted by Gasteiger charge is -2.11. The molecule has 262 valence electrons. The van der Waals surface area contributed by atoms with Gasteiger partial charge in [0.05, 0.1) is 17.1 Å². The zero-order valence-electron chi connectivity index (χ0n) is 30.1. The minimum absolute atomic E-state index is 0.678. The summed E-state index contributed by atoms with van der Waals surface area (Å²) in [5, 5.41) is 4.39. The van der Waals surface area contributed by atoms with Crippen molar-refractivity contribution in [3.8, 4) is 67.4 Å². The Balaban J connectivity index is 1.00. The molecule has 5 heteroatoms. The largest absolute Gasteiger partial charge is 0.456 e. The molecule has 0 amide bonds. The van der Waals surface area contributed by atoms with Crippen LogP contribution >= 0.6 is 0 Å². The Morgan fingerprint density at radius 1 is 0.339 bits per heavy atom. The monoisotopic (exact) mass is 717 g/mol. The summed E-state index contributed by atoms with van der Waals surface area (Å²) in [5.74, 6) is 0.678. The van der Waals surface area contributed by atoms with Crippen LogP contribution in [-0.2, 0) is 0 Å². The minimum Gasteiger partial charge on any atom is -0.456 e. The van der Waals surface area contributed by atoms with E-state index in [1.807, 2.05) is 79.0 Å². The maximum atomic E-state index is 6.68. The summed E-state index contributed by atoms with van der Waals surface area (Å²) in [6.45, 7) is 0. The number of rotatable bonds is 6. The van der Waals surface area contributed by atoms with Crippen molar-refractivity contribution in [2.75, 3.05) is 0 Å². The number of hydrogen-bond donors (Lipinski definition) is 0. The highest BCUT2D eigenvalue weighted by molar-refractivity contribution is 6.17. The van der Waals surface area contributed by atoms with Crippen LogP contribution in [0.25, 0.3) is 111 Å². The Labute approximate surface area is 322 Å². The Morgan fingerprint density at radius 2 is 0.911 bits per heavy atom. The summed E-state index contributed by atoms with van der Waals surface area (Å²) in [6, 6.07) is 62.5. The van der Waals surface area contributed by atoms with Crippen LogP contribution in [0, 0.1) is 0 Å². The molecule has 0 aliphatic carbocycles. The van der Waals surface area contributed by atoms with E-state index in [2.05, 4.69) is 114 Å². The molecular weight excluding hydrogens is 687 g/mol. The third kappa shape index (κ3) is 5.45. The van der Waals surface area contributed by atoms with Crippen molar-refractivity contribution >= 4 is 43.9 Å². The van der Waals surface area contributed by atoms with E-state index < -0.39 is 0 Å². The Morgan fingerprint density at radius 3 is 1.62 bits per heavy atom. The van der Waals surface area contributed by atoms with E-state index in [9.17, 15) is 0 Å². The highest BCUT2D eigenvalue weighted by Crippen LogP contribution is 2.43. The van der Waals surface area contributed by atoms with E-state index in [-0.39, 0.29) is 0 Å². The van der Waals surface area contributed by atoms with Crippen molar-refractivity contribution in [2.24, 2.45) is 0 Å². The first-order valence-electron chi connectivity index (χ1n) is 18.7. The van der Waals surface area contributed by atoms with Gasteiger partial charge in [-0.3, -0.25) is 4.98 Å². The molecule has 0 aliphatic rings. The molecule has 0 spiro atoms. The lowest BCUT2D eigenvalue weighted by molar-refractivity contribution is 0.669. The predicted octanol–water partition coefficient (Wildman–Crippen LogP) is 13.7. The summed E-state index contributed by atoms with van der Waals surface area (Å²) < 4.78 is 12.8. The first kappa shape index (κ1) is 31.9. The lowest BCUT2D eigenvalue weighted by atomic mass is 9.93. The van der Waals surface area contributed by atoms with Gasteiger partial charge in [0.25, 0.3) is 0 Å². The zero-order valence-corrected chi connectivity index (χ0v) is 30.1. The van der Waals surface area contributed by atoms with Gasteiger partial charge in [0.15, 0.2) is 5.82 Å². The highest BCUT2D eigenvalue weighted by Gasteiger charge is 2.19. The third-order valence-electron chi connectivity index (χ3n) is 10.6. The van der Waals surface area contributed by atoms with E-state index in [0.29, 0.717) is 5.82 Å². The molecule has 4 heterocycles. The van der Waals surface area contributed by atoms with Gasteiger partial charge >= 0.3 is 0 Å². The molecular formula is C51H31N3O2. The fourth-order valence-electron chi connectivity index (χ4n) is 7.81. The lowest BCUT2D eigenvalue weighted by Crippen LogP contribution is -1.96. The molecule has 11 aromatic rings. The maximum Gasteiger partial charge on any atom is 0.160 e. The third-order valence-corrected chi connectivity index (χ3v) is 10.6. The predicted molar refractivity (Wildman–Crippen MR) is 227 cm³/mol. The first-order valence-corrected chi connectivity index (χ1v) is 18.7. The molecule has 0 radical (unpaired) electrons. The fraction of sp³-hybridized carbons (Fsp3) is 0. The van der Waals surface area contributed by atoms with Crippen LogP contribution in [0.4, 0.5) is 0 Å². The van der Waals surface area contributed by atoms with Gasteiger partial charge in [0.2, 0.25) is 0 Å². The topological polar surface area (TPSA) is 65.0 Å². The van der Waals surface area contributed by atoms with Crippen molar-refractivity contribution in [2.45, 2.75) is 0 Å². The van der Waals surface area contributed by atoms with Gasteiger partial charge in [-0.25, -0.2) is 9.97 Å². The van der Waals surface area contributed by atoms with Gasteiger partial charge in [-0.15, -0.1) is 0 Å². The molecule has 0 aliphatic heterocycles. The summed E-state index contributed by atoms with van der Waals surface area (Å²) in [6.07, 6.45) is 1.82. The number of fused-ring (bicyclic) bond motifs is 6. The Kier molecular flexibility index (Phi) is 7.42. The standard InChI is InChI=1S/C51H31N3O2/c1-2-10-36(11-3-1)51-53-44(31-45(54-51)35-23-21-33(22-24-35)43-14-8-9-29-52-43)34-19-17-32(18-20-34)39-27-26-38(49-41-13-5-7-16-47(41)56-50(39)49)37-25-28-48-42(30-37)40-12-4-6-15-46(40)55-48/h1-31H. The molecule has 0 fully saturated rings. The van der Waals surface area contributed by atoms with Gasteiger partial charge in [-0.1, -0.05) is 133 Å². The van der Waals surface area contributed by atoms with Gasteiger partial charge in [-0.2, -0.15) is 0 Å². The summed E-state index contributed by atoms with van der Waals surface area (Å²) >= 11 is 0. The average Bonchev–Trinajstić information content (AvgIpc) is 3.85. The van der Waals surface area contributed by atoms with Crippen molar-refractivity contribution in [1.29, 1.82) is 0 Å². The van der Waals surface area contributed by atoms with E-state index >= 15 is 0 Å². The number of aromatic nitrogens is 3. The molecule has 5 nitrogen and oxygen atoms in total. The van der Waals surface area contributed by atoms with Gasteiger partial charge in [-0.05, 0) is 65.2 Å². The molecule has 0 saturated heterocycles. The van der Waals surface area contributed by atoms with Crippen LogP contribution in [0.2, 0.25) is 0 Å². The number of benzene rings is 7. The summed E-state index contributed by atoms with van der Waals surface area (Å²) in [5.41, 5.74) is 14.5. The van der Waals surface area contributed by atoms with Crippen molar-refractivity contribution in [3.63, 3.8) is 0 Å². The molecule has 4 aromatic heterocycles. The molecule has 0 atom stereocenters. The quantitative estimate of drug-likeness (QED) is 0.171. The summed E-state index contributed by atoms with van der Waals surface area (Å²) in [4.78, 5) is 14.6. The molecule has 7 aromatic carbocycles. The van der Waals surface area contributed by atoms with Crippen LogP contribution in [0.3, 0.4) is 0 Å². The SMILES string of the molecule is c1ccc(-c2nc(-c3ccc(-c4ccccn4)cc3)cc(-c3ccc(-c4ccc(-c5ccc6oc7ccccc7c6c5)c5c4oc4ccccc45)cc3)n2)cc1. The molecule has 0 bridgehead atoms. The number of furan rings is 2. The number of para-hydroxylation sites is 2. The van der Waals surface area contributed by atoms with E-state index in [1.54, 1.807) is 0 Å². The van der Waals surface area contributed by atoms with E-state index in [0.717, 1.165) is 105 Å². The number of nitrogens with zero attached hydrogens (tertiary/aromatic N) is 3. The fourth-order valence-corrected chi connectivity index (χ4v) is 7.81.